The Balaban J connectivity index is 1.48. The van der Waals surface area contributed by atoms with E-state index < -0.39 is 0 Å². The quantitative estimate of drug-likeness (QED) is 0.707. The molecular weight excluding hydrogens is 300 g/mol. The molecule has 3 rings (SSSR count). The van der Waals surface area contributed by atoms with Crippen LogP contribution in [0.5, 0.6) is 0 Å². The van der Waals surface area contributed by atoms with Gasteiger partial charge < -0.3 is 9.88 Å². The number of fused-ring (bicyclic) bond motifs is 1. The second-order valence-corrected chi connectivity index (χ2v) is 5.64. The summed E-state index contributed by atoms with van der Waals surface area (Å²) in [6, 6.07) is 7.79. The molecule has 0 saturated carbocycles. The molecule has 2 N–H and O–H groups in total. The zero-order chi connectivity index (χ0) is 15.4. The van der Waals surface area contributed by atoms with Crippen molar-refractivity contribution < 1.29 is 4.79 Å². The van der Waals surface area contributed by atoms with Gasteiger partial charge in [0.1, 0.15) is 11.3 Å². The minimum Gasteiger partial charge on any atom is -0.338 e. The number of carbonyl (C=O) groups is 1. The standard InChI is InChI=1S/C14H16N6OS/c1-20-11-6-3-2-5-10(11)17-12(20)7-4-8-15-13(21)18-14-19-16-9-22-14/h2-3,5-6,9H,4,7-8H2,1H3,(H2,15,18,19,21). The van der Waals surface area contributed by atoms with Crippen LogP contribution in [0.2, 0.25) is 0 Å². The van der Waals surface area contributed by atoms with E-state index in [1.54, 1.807) is 5.51 Å². The van der Waals surface area contributed by atoms with Gasteiger partial charge in [0.2, 0.25) is 5.13 Å². The SMILES string of the molecule is Cn1c(CCCNC(=O)Nc2nncs2)nc2ccccc21. The molecule has 0 fully saturated rings. The molecule has 0 spiro atoms. The fraction of sp³-hybridized carbons (Fsp3) is 0.286. The highest BCUT2D eigenvalue weighted by Crippen LogP contribution is 2.15. The van der Waals surface area contributed by atoms with E-state index in [-0.39, 0.29) is 6.03 Å². The van der Waals surface area contributed by atoms with Crippen LogP contribution in [-0.4, -0.2) is 32.3 Å². The highest BCUT2D eigenvalue weighted by Gasteiger charge is 2.07. The molecule has 0 radical (unpaired) electrons. The normalized spacial score (nSPS) is 10.8. The Labute approximate surface area is 131 Å². The summed E-state index contributed by atoms with van der Waals surface area (Å²) in [4.78, 5) is 16.2. The Morgan fingerprint density at radius 1 is 1.36 bits per heavy atom. The van der Waals surface area contributed by atoms with Crippen LogP contribution in [0.1, 0.15) is 12.2 Å². The molecule has 7 nitrogen and oxygen atoms in total. The third-order valence-electron chi connectivity index (χ3n) is 3.32. The summed E-state index contributed by atoms with van der Waals surface area (Å²) in [7, 11) is 2.01. The molecule has 0 aliphatic heterocycles. The summed E-state index contributed by atoms with van der Waals surface area (Å²) >= 11 is 1.28. The maximum absolute atomic E-state index is 11.6. The number of rotatable bonds is 5. The fourth-order valence-electron chi connectivity index (χ4n) is 2.24. The average molecular weight is 316 g/mol. The number of aromatic nitrogens is 4. The van der Waals surface area contributed by atoms with E-state index in [1.807, 2.05) is 25.2 Å². The van der Waals surface area contributed by atoms with Crippen molar-refractivity contribution in [3.8, 4) is 0 Å². The predicted molar refractivity (Wildman–Crippen MR) is 86.0 cm³/mol. The van der Waals surface area contributed by atoms with Crippen molar-refractivity contribution in [1.29, 1.82) is 0 Å². The Morgan fingerprint density at radius 3 is 3.00 bits per heavy atom. The van der Waals surface area contributed by atoms with Gasteiger partial charge in [-0.2, -0.15) is 0 Å². The van der Waals surface area contributed by atoms with Gasteiger partial charge in [0, 0.05) is 20.0 Å². The highest BCUT2D eigenvalue weighted by atomic mass is 32.1. The zero-order valence-electron chi connectivity index (χ0n) is 12.1. The van der Waals surface area contributed by atoms with Crippen molar-refractivity contribution in [2.75, 3.05) is 11.9 Å². The Morgan fingerprint density at radius 2 is 2.23 bits per heavy atom. The minimum atomic E-state index is -0.262. The zero-order valence-corrected chi connectivity index (χ0v) is 12.9. The number of aryl methyl sites for hydroxylation is 2. The summed E-state index contributed by atoms with van der Waals surface area (Å²) in [6.45, 7) is 0.577. The number of anilines is 1. The number of imidazole rings is 1. The van der Waals surface area contributed by atoms with Gasteiger partial charge in [-0.25, -0.2) is 9.78 Å². The second-order valence-electron chi connectivity index (χ2n) is 4.80. The molecule has 0 unspecified atom stereocenters. The number of hydrogen-bond donors (Lipinski definition) is 2. The number of benzene rings is 1. The predicted octanol–water partition coefficient (Wildman–Crippen LogP) is 2.18. The molecule has 2 aromatic heterocycles. The van der Waals surface area contributed by atoms with Gasteiger partial charge in [0.05, 0.1) is 11.0 Å². The van der Waals surface area contributed by atoms with Crippen molar-refractivity contribution >= 4 is 33.5 Å². The fourth-order valence-corrected chi connectivity index (χ4v) is 2.68. The summed E-state index contributed by atoms with van der Waals surface area (Å²) in [6.07, 6.45) is 1.63. The first kappa shape index (κ1) is 14.5. The van der Waals surface area contributed by atoms with Crippen LogP contribution < -0.4 is 10.6 Å². The average Bonchev–Trinajstić information content (AvgIpc) is 3.13. The molecule has 2 heterocycles. The minimum absolute atomic E-state index is 0.262. The molecule has 1 aromatic carbocycles. The third kappa shape index (κ3) is 3.22. The molecule has 0 aliphatic carbocycles. The van der Waals surface area contributed by atoms with Gasteiger partial charge >= 0.3 is 6.03 Å². The topological polar surface area (TPSA) is 84.7 Å². The lowest BCUT2D eigenvalue weighted by molar-refractivity contribution is 0.252. The summed E-state index contributed by atoms with van der Waals surface area (Å²) in [5.74, 6) is 1.02. The van der Waals surface area contributed by atoms with Gasteiger partial charge in [-0.3, -0.25) is 5.32 Å². The first-order chi connectivity index (χ1) is 10.7. The molecule has 8 heteroatoms. The summed E-state index contributed by atoms with van der Waals surface area (Å²) < 4.78 is 2.09. The van der Waals surface area contributed by atoms with Gasteiger partial charge in [0.25, 0.3) is 0 Å². The van der Waals surface area contributed by atoms with E-state index in [0.717, 1.165) is 29.7 Å². The number of amides is 2. The van der Waals surface area contributed by atoms with E-state index in [9.17, 15) is 4.79 Å². The largest absolute Gasteiger partial charge is 0.338 e. The molecular formula is C14H16N6OS. The van der Waals surface area contributed by atoms with Crippen molar-refractivity contribution in [1.82, 2.24) is 25.1 Å². The van der Waals surface area contributed by atoms with Crippen LogP contribution >= 0.6 is 11.3 Å². The lowest BCUT2D eigenvalue weighted by Crippen LogP contribution is -2.29. The lowest BCUT2D eigenvalue weighted by atomic mass is 10.3. The number of hydrogen-bond acceptors (Lipinski definition) is 5. The van der Waals surface area contributed by atoms with Gasteiger partial charge in [-0.1, -0.05) is 23.5 Å². The van der Waals surface area contributed by atoms with Crippen LogP contribution in [0.4, 0.5) is 9.93 Å². The van der Waals surface area contributed by atoms with E-state index in [1.165, 1.54) is 11.3 Å². The third-order valence-corrected chi connectivity index (χ3v) is 3.93. The molecule has 3 aromatic rings. The van der Waals surface area contributed by atoms with Crippen LogP contribution in [0.15, 0.2) is 29.8 Å². The van der Waals surface area contributed by atoms with Crippen LogP contribution in [-0.2, 0) is 13.5 Å². The summed E-state index contributed by atoms with van der Waals surface area (Å²) in [5.41, 5.74) is 3.70. The van der Waals surface area contributed by atoms with Crippen molar-refractivity contribution in [3.63, 3.8) is 0 Å². The maximum Gasteiger partial charge on any atom is 0.321 e. The maximum atomic E-state index is 11.6. The van der Waals surface area contributed by atoms with Crippen molar-refractivity contribution in [2.24, 2.45) is 7.05 Å². The Kier molecular flexibility index (Phi) is 4.29. The van der Waals surface area contributed by atoms with Crippen molar-refractivity contribution in [2.45, 2.75) is 12.8 Å². The highest BCUT2D eigenvalue weighted by molar-refractivity contribution is 7.13. The molecule has 0 aliphatic rings. The van der Waals surface area contributed by atoms with Crippen LogP contribution in [0.3, 0.4) is 0 Å². The van der Waals surface area contributed by atoms with Crippen LogP contribution in [0.25, 0.3) is 11.0 Å². The van der Waals surface area contributed by atoms with Gasteiger partial charge in [0.15, 0.2) is 0 Å². The molecule has 0 saturated heterocycles. The monoisotopic (exact) mass is 316 g/mol. The van der Waals surface area contributed by atoms with Gasteiger partial charge in [-0.05, 0) is 18.6 Å². The number of urea groups is 1. The molecule has 22 heavy (non-hydrogen) atoms. The molecule has 114 valence electrons. The van der Waals surface area contributed by atoms with Crippen LogP contribution in [0, 0.1) is 0 Å². The summed E-state index contributed by atoms with van der Waals surface area (Å²) in [5, 5.41) is 13.3. The lowest BCUT2D eigenvalue weighted by Gasteiger charge is -2.05. The Hall–Kier alpha value is -2.48. The number of nitrogens with zero attached hydrogens (tertiary/aromatic N) is 4. The van der Waals surface area contributed by atoms with E-state index in [2.05, 4.69) is 36.4 Å². The molecule has 0 bridgehead atoms. The van der Waals surface area contributed by atoms with Gasteiger partial charge in [-0.15, -0.1) is 10.2 Å². The molecule has 2 amide bonds. The smallest absolute Gasteiger partial charge is 0.321 e. The first-order valence-electron chi connectivity index (χ1n) is 6.95. The number of nitrogens with one attached hydrogen (secondary N) is 2. The van der Waals surface area contributed by atoms with E-state index in [4.69, 9.17) is 0 Å². The molecule has 0 atom stereocenters. The second kappa shape index (κ2) is 6.52. The first-order valence-corrected chi connectivity index (χ1v) is 7.83. The number of carbonyl (C=O) groups excluding carboxylic acids is 1. The number of para-hydroxylation sites is 2. The van der Waals surface area contributed by atoms with E-state index >= 15 is 0 Å². The van der Waals surface area contributed by atoms with E-state index in [0.29, 0.717) is 11.7 Å². The Bertz CT molecular complexity index is 767. The van der Waals surface area contributed by atoms with Crippen molar-refractivity contribution in [3.05, 3.63) is 35.6 Å².